The summed E-state index contributed by atoms with van der Waals surface area (Å²) in [5.41, 5.74) is 0. The Morgan fingerprint density at radius 3 is 1.17 bits per heavy atom. The van der Waals surface area contributed by atoms with E-state index in [9.17, 15) is 70.0 Å². The van der Waals surface area contributed by atoms with Gasteiger partial charge in [0.25, 0.3) is 0 Å². The molecule has 0 aliphatic carbocycles. The molecule has 220 valence electrons. The molecular weight excluding hydrogens is 557 g/mol. The molecule has 0 unspecified atom stereocenters. The van der Waals surface area contributed by atoms with Crippen LogP contribution in [0.15, 0.2) is 0 Å². The molecule has 0 aromatic heterocycles. The van der Waals surface area contributed by atoms with Gasteiger partial charge in [0.05, 0.1) is 26.2 Å². The number of alkyl halides is 13. The van der Waals surface area contributed by atoms with Gasteiger partial charge in [-0.2, -0.15) is 57.1 Å². The summed E-state index contributed by atoms with van der Waals surface area (Å²) in [6.45, 7) is 14.2. The van der Waals surface area contributed by atoms with Gasteiger partial charge >= 0.3 is 35.1 Å². The molecular formula is C18H28F13NO3S. The van der Waals surface area contributed by atoms with Crippen molar-refractivity contribution in [2.45, 2.75) is 88.5 Å². The van der Waals surface area contributed by atoms with Crippen LogP contribution >= 0.6 is 0 Å². The van der Waals surface area contributed by atoms with Crippen LogP contribution in [0.5, 0.6) is 0 Å². The van der Waals surface area contributed by atoms with Gasteiger partial charge in [-0.3, -0.25) is 0 Å². The van der Waals surface area contributed by atoms with E-state index in [1.807, 2.05) is 0 Å². The molecule has 0 rings (SSSR count). The van der Waals surface area contributed by atoms with Crippen LogP contribution in [0.4, 0.5) is 57.1 Å². The first-order valence-electron chi connectivity index (χ1n) is 10.5. The van der Waals surface area contributed by atoms with E-state index < -0.39 is 70.9 Å². The molecule has 0 radical (unpaired) electrons. The van der Waals surface area contributed by atoms with Gasteiger partial charge in [-0.1, -0.05) is 0 Å². The summed E-state index contributed by atoms with van der Waals surface area (Å²) in [7, 11) is -7.70. The fourth-order valence-electron chi connectivity index (χ4n) is 2.94. The van der Waals surface area contributed by atoms with E-state index in [0.29, 0.717) is 0 Å². The van der Waals surface area contributed by atoms with Crippen LogP contribution in [0.1, 0.15) is 53.4 Å². The van der Waals surface area contributed by atoms with Crippen LogP contribution in [0.25, 0.3) is 0 Å². The van der Waals surface area contributed by atoms with Crippen LogP contribution in [0.3, 0.4) is 0 Å². The van der Waals surface area contributed by atoms with Gasteiger partial charge in [0, 0.05) is 12.8 Å². The molecule has 0 atom stereocenters. The van der Waals surface area contributed by atoms with Crippen LogP contribution in [-0.2, 0) is 10.1 Å². The maximum atomic E-state index is 13.2. The smallest absolute Gasteiger partial charge is 0.402 e. The van der Waals surface area contributed by atoms with Crippen LogP contribution in [0, 0.1) is 0 Å². The molecule has 36 heavy (non-hydrogen) atoms. The highest BCUT2D eigenvalue weighted by Crippen LogP contribution is 2.58. The van der Waals surface area contributed by atoms with Gasteiger partial charge in [-0.25, -0.2) is 8.42 Å². The second kappa shape index (κ2) is 12.2. The number of nitrogens with zero attached hydrogens (tertiary/aromatic N) is 1. The maximum Gasteiger partial charge on any atom is 0.402 e. The third-order valence-electron chi connectivity index (χ3n) is 5.81. The van der Waals surface area contributed by atoms with Gasteiger partial charge < -0.3 is 9.04 Å². The Kier molecular flexibility index (Phi) is 12.6. The standard InChI is InChI=1S/C10H9F13O3S.C8H20N/c11-5(12,3-1-2-4-6(13,14)15)7(16,17)8(18,19)9(20,21)10(22,23)27(24,25)26;1-5-9(6-2,7-3)8-4/h1-4H2,(H,24,25,26);5-8H2,1-4H3/q;+1/p-1. The van der Waals surface area contributed by atoms with Gasteiger partial charge in [-0.05, 0) is 40.5 Å². The highest BCUT2D eigenvalue weighted by atomic mass is 32.2. The lowest BCUT2D eigenvalue weighted by Crippen LogP contribution is -2.68. The van der Waals surface area contributed by atoms with E-state index in [0.717, 1.165) is 0 Å². The number of quaternary nitrogens is 1. The zero-order valence-corrected chi connectivity index (χ0v) is 20.5. The first-order chi connectivity index (χ1) is 15.7. The van der Waals surface area contributed by atoms with E-state index in [1.165, 1.54) is 30.7 Å². The lowest BCUT2D eigenvalue weighted by Gasteiger charge is -2.39. The van der Waals surface area contributed by atoms with Crippen molar-refractivity contribution in [1.82, 2.24) is 0 Å². The normalized spacial score (nSPS) is 14.9. The predicted octanol–water partition coefficient (Wildman–Crippen LogP) is 6.67. The highest BCUT2D eigenvalue weighted by Gasteiger charge is 2.87. The molecule has 0 aliphatic heterocycles. The van der Waals surface area contributed by atoms with Gasteiger partial charge in [0.2, 0.25) is 0 Å². The fourth-order valence-corrected chi connectivity index (χ4v) is 3.38. The predicted molar refractivity (Wildman–Crippen MR) is 101 cm³/mol. The number of rotatable bonds is 13. The number of halogens is 13. The summed E-state index contributed by atoms with van der Waals surface area (Å²) in [4.78, 5) is 0. The maximum absolute atomic E-state index is 13.2. The van der Waals surface area contributed by atoms with Crippen LogP contribution in [-0.4, -0.2) is 78.8 Å². The minimum atomic E-state index is -7.78. The second-order valence-electron chi connectivity index (χ2n) is 7.83. The van der Waals surface area contributed by atoms with Gasteiger partial charge in [-0.15, -0.1) is 0 Å². The Bertz CT molecular complexity index is 762. The number of hydrogen-bond donors (Lipinski definition) is 0. The van der Waals surface area contributed by atoms with Crippen molar-refractivity contribution in [2.75, 3.05) is 26.2 Å². The van der Waals surface area contributed by atoms with Crippen molar-refractivity contribution in [1.29, 1.82) is 0 Å². The minimum absolute atomic E-state index is 1.28. The lowest BCUT2D eigenvalue weighted by molar-refractivity contribution is -0.921. The van der Waals surface area contributed by atoms with E-state index in [2.05, 4.69) is 27.7 Å². The molecule has 18 heteroatoms. The summed E-state index contributed by atoms with van der Waals surface area (Å²) in [5, 5.41) is -7.40. The minimum Gasteiger partial charge on any atom is -0.743 e. The van der Waals surface area contributed by atoms with Crippen molar-refractivity contribution in [3.8, 4) is 0 Å². The van der Waals surface area contributed by atoms with Crippen LogP contribution < -0.4 is 0 Å². The van der Waals surface area contributed by atoms with Crippen molar-refractivity contribution in [3.63, 3.8) is 0 Å². The molecule has 0 bridgehead atoms. The topological polar surface area (TPSA) is 57.2 Å². The van der Waals surface area contributed by atoms with E-state index in [-0.39, 0.29) is 0 Å². The third-order valence-corrected chi connectivity index (χ3v) is 6.70. The fraction of sp³-hybridized carbons (Fsp3) is 1.00. The third kappa shape index (κ3) is 7.98. The van der Waals surface area contributed by atoms with E-state index in [1.54, 1.807) is 0 Å². The summed E-state index contributed by atoms with van der Waals surface area (Å²) >= 11 is 0. The quantitative estimate of drug-likeness (QED) is 0.105. The molecule has 0 fully saturated rings. The molecule has 4 nitrogen and oxygen atoms in total. The molecule has 0 saturated heterocycles. The van der Waals surface area contributed by atoms with E-state index in [4.69, 9.17) is 0 Å². The Balaban J connectivity index is 0. The summed E-state index contributed by atoms with van der Waals surface area (Å²) in [5.74, 6) is -29.2. The largest absolute Gasteiger partial charge is 0.743 e. The Labute approximate surface area is 200 Å². The van der Waals surface area contributed by atoms with Crippen molar-refractivity contribution >= 4 is 10.1 Å². The van der Waals surface area contributed by atoms with Crippen molar-refractivity contribution in [3.05, 3.63) is 0 Å². The molecule has 0 aromatic carbocycles. The van der Waals surface area contributed by atoms with Gasteiger partial charge in [0.1, 0.15) is 0 Å². The zero-order chi connectivity index (χ0) is 29.7. The molecule has 0 N–H and O–H groups in total. The molecule has 0 spiro atoms. The zero-order valence-electron chi connectivity index (χ0n) is 19.7. The molecule has 0 aliphatic rings. The van der Waals surface area contributed by atoms with Gasteiger partial charge in [0.15, 0.2) is 10.1 Å². The second-order valence-corrected chi connectivity index (χ2v) is 9.25. The first-order valence-corrected chi connectivity index (χ1v) is 11.9. The summed E-state index contributed by atoms with van der Waals surface area (Å²) in [6, 6.07) is 0. The Morgan fingerprint density at radius 2 is 0.917 bits per heavy atom. The summed E-state index contributed by atoms with van der Waals surface area (Å²) in [6.07, 6.45) is -12.2. The average Bonchev–Trinajstić information content (AvgIpc) is 2.72. The Morgan fingerprint density at radius 1 is 0.583 bits per heavy atom. The number of unbranched alkanes of at least 4 members (excludes halogenated alkanes) is 1. The van der Waals surface area contributed by atoms with Crippen molar-refractivity contribution in [2.24, 2.45) is 0 Å². The molecule has 0 amide bonds. The monoisotopic (exact) mass is 585 g/mol. The van der Waals surface area contributed by atoms with Crippen LogP contribution in [0.2, 0.25) is 0 Å². The van der Waals surface area contributed by atoms with E-state index >= 15 is 0 Å². The SMILES string of the molecule is CC[N+](CC)(CC)CC.O=S(=O)([O-])C(F)(F)C(F)(F)C(F)(F)C(F)(F)C(F)(F)CCCCC(F)(F)F. The highest BCUT2D eigenvalue weighted by molar-refractivity contribution is 7.86. The number of hydrogen-bond acceptors (Lipinski definition) is 3. The molecule has 0 heterocycles. The lowest BCUT2D eigenvalue weighted by atomic mass is 9.94. The van der Waals surface area contributed by atoms with Crippen molar-refractivity contribution < 1.29 is 74.5 Å². The first kappa shape index (κ1) is 37.1. The molecule has 0 aromatic rings. The Hall–Kier alpha value is -1.04. The average molecular weight is 585 g/mol. The summed E-state index contributed by atoms with van der Waals surface area (Å²) < 4.78 is 197. The molecule has 0 saturated carbocycles.